The molecule has 0 aliphatic rings. The maximum Gasteiger partial charge on any atom is 0.0276 e. The summed E-state index contributed by atoms with van der Waals surface area (Å²) < 4.78 is 3.24. The average molecular weight is 330 g/mol. The molecule has 0 aromatic carbocycles. The Kier molecular flexibility index (Phi) is 12.0. The fourth-order valence-corrected chi connectivity index (χ4v) is 5.20. The van der Waals surface area contributed by atoms with Crippen LogP contribution >= 0.6 is 11.9 Å². The zero-order chi connectivity index (χ0) is 17.2. The summed E-state index contributed by atoms with van der Waals surface area (Å²) in [5, 5.41) is 0. The summed E-state index contributed by atoms with van der Waals surface area (Å²) >= 11 is 2.20. The molecule has 0 spiro atoms. The first kappa shape index (κ1) is 22.3. The lowest BCUT2D eigenvalue weighted by atomic mass is 9.97. The number of nitrogens with zero attached hydrogens (tertiary/aromatic N) is 1. The Hall–Kier alpha value is 0.310. The molecule has 0 rings (SSSR count). The Labute approximate surface area is 146 Å². The van der Waals surface area contributed by atoms with Gasteiger partial charge in [-0.15, -0.1) is 0 Å². The fraction of sp³-hybridized carbons (Fsp3) is 1.00. The molecule has 0 aliphatic heterocycles. The molecule has 0 bridgehead atoms. The summed E-state index contributed by atoms with van der Waals surface area (Å²) in [5.74, 6) is 0.737. The Bertz CT molecular complexity index is 266. The first-order valence-corrected chi connectivity index (χ1v) is 10.6. The van der Waals surface area contributed by atoms with Gasteiger partial charge in [0.15, 0.2) is 0 Å². The smallest absolute Gasteiger partial charge is 0.0276 e. The van der Waals surface area contributed by atoms with Gasteiger partial charge in [0.2, 0.25) is 0 Å². The second kappa shape index (κ2) is 11.8. The van der Waals surface area contributed by atoms with E-state index >= 15 is 0 Å². The van der Waals surface area contributed by atoms with Gasteiger partial charge in [-0.1, -0.05) is 79.7 Å². The van der Waals surface area contributed by atoms with Gasteiger partial charge in [0.05, 0.1) is 0 Å². The average Bonchev–Trinajstić information content (AvgIpc) is 2.48. The topological polar surface area (TPSA) is 3.24 Å². The van der Waals surface area contributed by atoms with Crippen molar-refractivity contribution in [2.24, 2.45) is 5.92 Å². The third kappa shape index (κ3) is 7.25. The van der Waals surface area contributed by atoms with Crippen LogP contribution in [0.1, 0.15) is 107 Å². The molecule has 0 N–H and O–H groups in total. The van der Waals surface area contributed by atoms with Crippen LogP contribution in [-0.4, -0.2) is 21.1 Å². The molecule has 0 amide bonds. The van der Waals surface area contributed by atoms with Crippen LogP contribution in [0.3, 0.4) is 0 Å². The lowest BCUT2D eigenvalue weighted by Gasteiger charge is -2.44. The van der Waals surface area contributed by atoms with Gasteiger partial charge in [-0.3, -0.25) is 0 Å². The van der Waals surface area contributed by atoms with Crippen LogP contribution in [0.25, 0.3) is 0 Å². The van der Waals surface area contributed by atoms with E-state index in [0.717, 1.165) is 12.0 Å². The molecule has 3 atom stereocenters. The van der Waals surface area contributed by atoms with Crippen LogP contribution in [0, 0.1) is 5.92 Å². The minimum Gasteiger partial charge on any atom is -0.244 e. The molecule has 0 aromatic rings. The Morgan fingerprint density at radius 3 is 1.86 bits per heavy atom. The molecule has 1 nitrogen and oxygen atoms in total. The monoisotopic (exact) mass is 329 g/mol. The predicted octanol–water partition coefficient (Wildman–Crippen LogP) is 7.31. The molecule has 0 aromatic heterocycles. The quantitative estimate of drug-likeness (QED) is 0.326. The predicted molar refractivity (Wildman–Crippen MR) is 106 cm³/mol. The van der Waals surface area contributed by atoms with E-state index in [1.807, 2.05) is 0 Å². The van der Waals surface area contributed by atoms with E-state index in [1.54, 1.807) is 0 Å². The highest BCUT2D eigenvalue weighted by Crippen LogP contribution is 2.41. The van der Waals surface area contributed by atoms with Crippen LogP contribution in [0.4, 0.5) is 0 Å². The van der Waals surface area contributed by atoms with Crippen LogP contribution in [-0.2, 0) is 0 Å². The first-order chi connectivity index (χ1) is 10.4. The Morgan fingerprint density at radius 1 is 0.909 bits per heavy atom. The van der Waals surface area contributed by atoms with E-state index < -0.39 is 0 Å². The maximum absolute atomic E-state index is 2.84. The van der Waals surface area contributed by atoms with E-state index in [1.165, 1.54) is 51.4 Å². The SMILES string of the molecule is CCCC(CC)N(SC(C)(CC)CCC)C(CCC)C(C)C. The first-order valence-electron chi connectivity index (χ1n) is 9.86. The van der Waals surface area contributed by atoms with Crippen molar-refractivity contribution in [3.63, 3.8) is 0 Å². The highest BCUT2D eigenvalue weighted by molar-refractivity contribution is 7.98. The highest BCUT2D eigenvalue weighted by atomic mass is 32.2. The number of hydrogen-bond acceptors (Lipinski definition) is 2. The van der Waals surface area contributed by atoms with Gasteiger partial charge >= 0.3 is 0 Å². The van der Waals surface area contributed by atoms with Gasteiger partial charge in [-0.05, 0) is 44.9 Å². The summed E-state index contributed by atoms with van der Waals surface area (Å²) in [6, 6.07) is 1.45. The van der Waals surface area contributed by atoms with E-state index in [4.69, 9.17) is 0 Å². The van der Waals surface area contributed by atoms with Crippen molar-refractivity contribution in [2.45, 2.75) is 124 Å². The number of hydrogen-bond donors (Lipinski definition) is 0. The molecule has 2 heteroatoms. The van der Waals surface area contributed by atoms with Crippen molar-refractivity contribution in [3.05, 3.63) is 0 Å². The van der Waals surface area contributed by atoms with Gasteiger partial charge in [-0.2, -0.15) is 0 Å². The third-order valence-corrected chi connectivity index (χ3v) is 6.70. The van der Waals surface area contributed by atoms with Crippen molar-refractivity contribution in [1.29, 1.82) is 0 Å². The lowest BCUT2D eigenvalue weighted by molar-refractivity contribution is 0.193. The molecule has 134 valence electrons. The maximum atomic E-state index is 2.84. The summed E-state index contributed by atoms with van der Waals surface area (Å²) in [6.07, 6.45) is 10.4. The van der Waals surface area contributed by atoms with Gasteiger partial charge in [0.1, 0.15) is 0 Å². The molecule has 0 fully saturated rings. The molecular formula is C20H43NS. The molecule has 0 saturated carbocycles. The third-order valence-electron chi connectivity index (χ3n) is 4.99. The van der Waals surface area contributed by atoms with Crippen molar-refractivity contribution in [2.75, 3.05) is 0 Å². The normalized spacial score (nSPS) is 17.7. The summed E-state index contributed by atoms with van der Waals surface area (Å²) in [4.78, 5) is 0. The van der Waals surface area contributed by atoms with Gasteiger partial charge in [0.25, 0.3) is 0 Å². The highest BCUT2D eigenvalue weighted by Gasteiger charge is 2.33. The standard InChI is InChI=1S/C20H43NS/c1-9-14-18(12-4)21(19(15-10-2)17(6)7)22-20(8,13-5)16-11-3/h17-19H,9-16H2,1-8H3. The van der Waals surface area contributed by atoms with Gasteiger partial charge in [-0.25, -0.2) is 4.31 Å². The van der Waals surface area contributed by atoms with Crippen LogP contribution in [0.2, 0.25) is 0 Å². The van der Waals surface area contributed by atoms with Crippen LogP contribution in [0.5, 0.6) is 0 Å². The van der Waals surface area contributed by atoms with Crippen LogP contribution in [0.15, 0.2) is 0 Å². The van der Waals surface area contributed by atoms with Crippen molar-refractivity contribution in [1.82, 2.24) is 4.31 Å². The van der Waals surface area contributed by atoms with E-state index in [9.17, 15) is 0 Å². The molecule has 0 aliphatic carbocycles. The molecular weight excluding hydrogens is 286 g/mol. The van der Waals surface area contributed by atoms with E-state index in [-0.39, 0.29) is 0 Å². The summed E-state index contributed by atoms with van der Waals surface area (Å²) in [5.41, 5.74) is 0. The molecule has 3 unspecified atom stereocenters. The molecule has 0 heterocycles. The van der Waals surface area contributed by atoms with Crippen LogP contribution < -0.4 is 0 Å². The molecule has 0 radical (unpaired) electrons. The second-order valence-electron chi connectivity index (χ2n) is 7.46. The van der Waals surface area contributed by atoms with Gasteiger partial charge in [0, 0.05) is 16.8 Å². The fourth-order valence-electron chi connectivity index (χ4n) is 3.38. The minimum atomic E-state index is 0.400. The Morgan fingerprint density at radius 2 is 1.50 bits per heavy atom. The zero-order valence-electron chi connectivity index (χ0n) is 16.7. The largest absolute Gasteiger partial charge is 0.244 e. The summed E-state index contributed by atoms with van der Waals surface area (Å²) in [7, 11) is 0. The summed E-state index contributed by atoms with van der Waals surface area (Å²) in [6.45, 7) is 19.0. The van der Waals surface area contributed by atoms with E-state index in [0.29, 0.717) is 10.8 Å². The Balaban J connectivity index is 5.36. The minimum absolute atomic E-state index is 0.400. The van der Waals surface area contributed by atoms with Crippen molar-refractivity contribution < 1.29 is 0 Å². The number of rotatable bonds is 13. The second-order valence-corrected chi connectivity index (χ2v) is 9.05. The van der Waals surface area contributed by atoms with Crippen molar-refractivity contribution in [3.8, 4) is 0 Å². The van der Waals surface area contributed by atoms with E-state index in [2.05, 4.69) is 71.6 Å². The van der Waals surface area contributed by atoms with Crippen molar-refractivity contribution >= 4 is 11.9 Å². The zero-order valence-corrected chi connectivity index (χ0v) is 17.6. The van der Waals surface area contributed by atoms with Gasteiger partial charge < -0.3 is 0 Å². The molecule has 0 saturated heterocycles. The molecule has 22 heavy (non-hydrogen) atoms. The lowest BCUT2D eigenvalue weighted by Crippen LogP contribution is -2.44.